The van der Waals surface area contributed by atoms with Crippen LogP contribution in [0.4, 0.5) is 0 Å². The normalized spacial score (nSPS) is 10.4. The molecule has 0 heterocycles. The fourth-order valence-electron chi connectivity index (χ4n) is 2.42. The molecule has 3 aromatic rings. The molecule has 3 rings (SSSR count). The van der Waals surface area contributed by atoms with Gasteiger partial charge in [0.15, 0.2) is 11.6 Å². The van der Waals surface area contributed by atoms with Crippen molar-refractivity contribution in [2.45, 2.75) is 9.79 Å². The molecular formula is C20H14O2S2. The SMILES string of the molecule is O=C(c1ccc(S)cc1)c1ccccc1C(=O)c1ccc(S)cc1. The van der Waals surface area contributed by atoms with Gasteiger partial charge in [0.25, 0.3) is 0 Å². The van der Waals surface area contributed by atoms with Gasteiger partial charge in [-0.05, 0) is 48.5 Å². The second kappa shape index (κ2) is 7.07. The number of ketones is 2. The van der Waals surface area contributed by atoms with E-state index in [1.807, 2.05) is 0 Å². The third kappa shape index (κ3) is 3.45. The third-order valence-electron chi connectivity index (χ3n) is 3.68. The summed E-state index contributed by atoms with van der Waals surface area (Å²) in [4.78, 5) is 27.1. The highest BCUT2D eigenvalue weighted by molar-refractivity contribution is 7.80. The lowest BCUT2D eigenvalue weighted by Gasteiger charge is -2.08. The number of rotatable bonds is 4. The average Bonchev–Trinajstić information content (AvgIpc) is 2.62. The van der Waals surface area contributed by atoms with Crippen LogP contribution < -0.4 is 0 Å². The van der Waals surface area contributed by atoms with E-state index >= 15 is 0 Å². The van der Waals surface area contributed by atoms with Crippen LogP contribution in [0.3, 0.4) is 0 Å². The third-order valence-corrected chi connectivity index (χ3v) is 4.27. The zero-order valence-corrected chi connectivity index (χ0v) is 14.4. The second-order valence-electron chi connectivity index (χ2n) is 5.30. The molecule has 0 saturated heterocycles. The Morgan fingerprint density at radius 1 is 0.542 bits per heavy atom. The van der Waals surface area contributed by atoms with Gasteiger partial charge in [-0.2, -0.15) is 0 Å². The van der Waals surface area contributed by atoms with Gasteiger partial charge in [-0.25, -0.2) is 0 Å². The topological polar surface area (TPSA) is 34.1 Å². The quantitative estimate of drug-likeness (QED) is 0.527. The molecule has 0 bridgehead atoms. The molecule has 0 N–H and O–H groups in total. The summed E-state index contributed by atoms with van der Waals surface area (Å²) < 4.78 is 0. The minimum Gasteiger partial charge on any atom is -0.289 e. The van der Waals surface area contributed by atoms with Crippen molar-refractivity contribution in [1.82, 2.24) is 0 Å². The van der Waals surface area contributed by atoms with Crippen molar-refractivity contribution in [2.75, 3.05) is 0 Å². The minimum atomic E-state index is -0.182. The fourth-order valence-corrected chi connectivity index (χ4v) is 2.71. The molecule has 0 atom stereocenters. The van der Waals surface area contributed by atoms with Gasteiger partial charge in [-0.1, -0.05) is 24.3 Å². The van der Waals surface area contributed by atoms with Gasteiger partial charge in [0.05, 0.1) is 0 Å². The van der Waals surface area contributed by atoms with Crippen LogP contribution >= 0.6 is 25.3 Å². The van der Waals surface area contributed by atoms with E-state index in [-0.39, 0.29) is 11.6 Å². The van der Waals surface area contributed by atoms with Crippen molar-refractivity contribution in [1.29, 1.82) is 0 Å². The maximum atomic E-state index is 12.8. The molecule has 118 valence electrons. The molecule has 0 saturated carbocycles. The van der Waals surface area contributed by atoms with E-state index in [9.17, 15) is 9.59 Å². The Balaban J connectivity index is 2.01. The molecule has 4 heteroatoms. The summed E-state index contributed by atoms with van der Waals surface area (Å²) in [6.07, 6.45) is 0. The molecule has 0 fully saturated rings. The maximum absolute atomic E-state index is 12.8. The summed E-state index contributed by atoms with van der Waals surface area (Å²) in [5, 5.41) is 0. The summed E-state index contributed by atoms with van der Waals surface area (Å²) >= 11 is 8.45. The maximum Gasteiger partial charge on any atom is 0.193 e. The number of hydrogen-bond acceptors (Lipinski definition) is 4. The van der Waals surface area contributed by atoms with Gasteiger partial charge in [0.1, 0.15) is 0 Å². The highest BCUT2D eigenvalue weighted by Crippen LogP contribution is 2.20. The van der Waals surface area contributed by atoms with Crippen LogP contribution in [0.1, 0.15) is 31.8 Å². The molecule has 2 nitrogen and oxygen atoms in total. The van der Waals surface area contributed by atoms with Crippen LogP contribution in [-0.2, 0) is 0 Å². The first-order valence-corrected chi connectivity index (χ1v) is 8.22. The van der Waals surface area contributed by atoms with Crippen LogP contribution in [0.5, 0.6) is 0 Å². The van der Waals surface area contributed by atoms with E-state index < -0.39 is 0 Å². The number of benzene rings is 3. The van der Waals surface area contributed by atoms with Crippen molar-refractivity contribution < 1.29 is 9.59 Å². The summed E-state index contributed by atoms with van der Waals surface area (Å²) in [5.74, 6) is -0.365. The van der Waals surface area contributed by atoms with Crippen LogP contribution in [0.15, 0.2) is 82.6 Å². The Morgan fingerprint density at radius 2 is 0.875 bits per heavy atom. The van der Waals surface area contributed by atoms with E-state index in [1.165, 1.54) is 0 Å². The van der Waals surface area contributed by atoms with E-state index in [1.54, 1.807) is 72.8 Å². The van der Waals surface area contributed by atoms with Crippen molar-refractivity contribution in [2.24, 2.45) is 0 Å². The highest BCUT2D eigenvalue weighted by Gasteiger charge is 2.19. The monoisotopic (exact) mass is 350 g/mol. The van der Waals surface area contributed by atoms with Crippen LogP contribution in [0, 0.1) is 0 Å². The predicted molar refractivity (Wildman–Crippen MR) is 101 cm³/mol. The molecule has 3 aromatic carbocycles. The second-order valence-corrected chi connectivity index (χ2v) is 6.33. The fraction of sp³-hybridized carbons (Fsp3) is 0. The van der Waals surface area contributed by atoms with Gasteiger partial charge in [0.2, 0.25) is 0 Å². The lowest BCUT2D eigenvalue weighted by molar-refractivity contribution is 0.100. The first-order chi connectivity index (χ1) is 11.6. The van der Waals surface area contributed by atoms with E-state index in [0.29, 0.717) is 22.3 Å². The van der Waals surface area contributed by atoms with Crippen LogP contribution in [0.25, 0.3) is 0 Å². The summed E-state index contributed by atoms with van der Waals surface area (Å²) in [6.45, 7) is 0. The van der Waals surface area contributed by atoms with E-state index in [0.717, 1.165) is 9.79 Å². The molecular weight excluding hydrogens is 336 g/mol. The standard InChI is InChI=1S/C20H14O2S2/c21-19(13-5-9-15(23)10-6-13)17-3-1-2-4-18(17)20(22)14-7-11-16(24)12-8-14/h1-12,23-24H. The first-order valence-electron chi connectivity index (χ1n) is 7.33. The Morgan fingerprint density at radius 3 is 1.21 bits per heavy atom. The number of thiol groups is 2. The first kappa shape index (κ1) is 16.6. The molecule has 0 aliphatic rings. The average molecular weight is 350 g/mol. The van der Waals surface area contributed by atoms with Crippen molar-refractivity contribution in [3.63, 3.8) is 0 Å². The summed E-state index contributed by atoms with van der Waals surface area (Å²) in [7, 11) is 0. The van der Waals surface area contributed by atoms with Crippen molar-refractivity contribution >= 4 is 36.8 Å². The lowest BCUT2D eigenvalue weighted by atomic mass is 9.93. The molecule has 0 spiro atoms. The Labute approximate surface area is 151 Å². The Bertz CT molecular complexity index is 821. The molecule has 0 radical (unpaired) electrons. The van der Waals surface area contributed by atoms with Gasteiger partial charge in [-0.3, -0.25) is 9.59 Å². The van der Waals surface area contributed by atoms with Crippen LogP contribution in [-0.4, -0.2) is 11.6 Å². The molecule has 0 aromatic heterocycles. The number of hydrogen-bond donors (Lipinski definition) is 2. The largest absolute Gasteiger partial charge is 0.289 e. The number of carbonyl (C=O) groups is 2. The molecule has 0 amide bonds. The molecule has 0 aliphatic heterocycles. The zero-order chi connectivity index (χ0) is 17.1. The van der Waals surface area contributed by atoms with Gasteiger partial charge >= 0.3 is 0 Å². The minimum absolute atomic E-state index is 0.182. The van der Waals surface area contributed by atoms with Crippen molar-refractivity contribution in [3.8, 4) is 0 Å². The predicted octanol–water partition coefficient (Wildman–Crippen LogP) is 4.73. The molecule has 0 aliphatic carbocycles. The summed E-state index contributed by atoms with van der Waals surface area (Å²) in [5.41, 5.74) is 1.84. The Kier molecular flexibility index (Phi) is 4.88. The zero-order valence-electron chi connectivity index (χ0n) is 12.6. The smallest absolute Gasteiger partial charge is 0.193 e. The summed E-state index contributed by atoms with van der Waals surface area (Å²) in [6, 6.07) is 20.7. The van der Waals surface area contributed by atoms with E-state index in [2.05, 4.69) is 25.3 Å². The lowest BCUT2D eigenvalue weighted by Crippen LogP contribution is -2.11. The van der Waals surface area contributed by atoms with E-state index in [4.69, 9.17) is 0 Å². The van der Waals surface area contributed by atoms with Gasteiger partial charge in [0, 0.05) is 32.0 Å². The Hall–Kier alpha value is -2.30. The molecule has 24 heavy (non-hydrogen) atoms. The van der Waals surface area contributed by atoms with Gasteiger partial charge < -0.3 is 0 Å². The highest BCUT2D eigenvalue weighted by atomic mass is 32.1. The number of carbonyl (C=O) groups excluding carboxylic acids is 2. The molecule has 0 unspecified atom stereocenters. The van der Waals surface area contributed by atoms with Gasteiger partial charge in [-0.15, -0.1) is 25.3 Å². The van der Waals surface area contributed by atoms with Crippen molar-refractivity contribution in [3.05, 3.63) is 95.1 Å². The van der Waals surface area contributed by atoms with Crippen LogP contribution in [0.2, 0.25) is 0 Å².